The van der Waals surface area contributed by atoms with Crippen molar-refractivity contribution >= 4 is 5.65 Å². The number of nitrogens with zero attached hydrogens (tertiary/aromatic N) is 2. The maximum Gasteiger partial charge on any atom is 0.137 e. The van der Waals surface area contributed by atoms with Crippen LogP contribution in [0.25, 0.3) is 16.9 Å². The van der Waals surface area contributed by atoms with Crippen molar-refractivity contribution in [3.05, 3.63) is 53.9 Å². The van der Waals surface area contributed by atoms with Crippen LogP contribution in [0.15, 0.2) is 42.6 Å². The topological polar surface area (TPSA) is 52.5 Å². The highest BCUT2D eigenvalue weighted by molar-refractivity contribution is 5.73. The van der Waals surface area contributed by atoms with Crippen LogP contribution in [0.2, 0.25) is 0 Å². The average Bonchev–Trinajstić information content (AvgIpc) is 2.85. The number of fused-ring (bicyclic) bond motifs is 1. The quantitative estimate of drug-likeness (QED) is 0.800. The second kappa shape index (κ2) is 5.58. The van der Waals surface area contributed by atoms with Gasteiger partial charge in [-0.25, -0.2) is 4.98 Å². The van der Waals surface area contributed by atoms with E-state index in [4.69, 9.17) is 15.5 Å². The summed E-state index contributed by atoms with van der Waals surface area (Å²) in [7, 11) is 1.69. The molecule has 0 aliphatic heterocycles. The van der Waals surface area contributed by atoms with Gasteiger partial charge in [0.15, 0.2) is 0 Å². The molecule has 2 heterocycles. The van der Waals surface area contributed by atoms with E-state index in [1.54, 1.807) is 7.11 Å². The van der Waals surface area contributed by atoms with Crippen molar-refractivity contribution in [1.82, 2.24) is 9.38 Å². The van der Waals surface area contributed by atoms with Crippen LogP contribution in [0.5, 0.6) is 5.75 Å². The van der Waals surface area contributed by atoms with Gasteiger partial charge in [0.1, 0.15) is 11.4 Å². The first-order chi connectivity index (χ1) is 10.2. The lowest BCUT2D eigenvalue weighted by Crippen LogP contribution is -2.04. The number of imidazole rings is 1. The molecule has 0 spiro atoms. The Balaban J connectivity index is 2.32. The molecule has 0 aliphatic carbocycles. The maximum atomic E-state index is 5.75. The van der Waals surface area contributed by atoms with Crippen LogP contribution in [0.1, 0.15) is 11.3 Å². The first-order valence-corrected chi connectivity index (χ1v) is 7.05. The number of aromatic nitrogens is 2. The van der Waals surface area contributed by atoms with Gasteiger partial charge < -0.3 is 10.5 Å². The number of benzene rings is 1. The minimum Gasteiger partial charge on any atom is -0.496 e. The molecule has 3 rings (SSSR count). The molecule has 4 nitrogen and oxygen atoms in total. The number of hydrogen-bond acceptors (Lipinski definition) is 3. The summed E-state index contributed by atoms with van der Waals surface area (Å²) in [6, 6.07) is 12.2. The summed E-state index contributed by atoms with van der Waals surface area (Å²) in [6.45, 7) is 2.65. The average molecular weight is 281 g/mol. The molecular formula is C17H19N3O. The van der Waals surface area contributed by atoms with Crippen LogP contribution in [0.3, 0.4) is 0 Å². The van der Waals surface area contributed by atoms with Crippen molar-refractivity contribution in [2.75, 3.05) is 13.7 Å². The lowest BCUT2D eigenvalue weighted by molar-refractivity contribution is 0.416. The maximum absolute atomic E-state index is 5.75. The molecule has 3 aromatic rings. The number of nitrogens with two attached hydrogens (primary N) is 1. The fraction of sp³-hybridized carbons (Fsp3) is 0.235. The number of ether oxygens (including phenoxy) is 1. The zero-order chi connectivity index (χ0) is 14.8. The van der Waals surface area contributed by atoms with Crippen LogP contribution in [-0.2, 0) is 6.42 Å². The monoisotopic (exact) mass is 281 g/mol. The van der Waals surface area contributed by atoms with Gasteiger partial charge in [0, 0.05) is 18.2 Å². The third kappa shape index (κ3) is 2.38. The van der Waals surface area contributed by atoms with E-state index in [9.17, 15) is 0 Å². The third-order valence-electron chi connectivity index (χ3n) is 3.59. The summed E-state index contributed by atoms with van der Waals surface area (Å²) in [5, 5.41) is 0. The molecule has 0 saturated carbocycles. The van der Waals surface area contributed by atoms with E-state index in [0.717, 1.165) is 34.8 Å². The molecule has 21 heavy (non-hydrogen) atoms. The fourth-order valence-electron chi connectivity index (χ4n) is 2.65. The van der Waals surface area contributed by atoms with Gasteiger partial charge >= 0.3 is 0 Å². The van der Waals surface area contributed by atoms with Crippen LogP contribution in [0.4, 0.5) is 0 Å². The lowest BCUT2D eigenvalue weighted by Gasteiger charge is -2.11. The lowest BCUT2D eigenvalue weighted by atomic mass is 10.0. The van der Waals surface area contributed by atoms with Gasteiger partial charge in [-0.3, -0.25) is 4.40 Å². The Morgan fingerprint density at radius 2 is 2.10 bits per heavy atom. The Bertz CT molecular complexity index is 777. The summed E-state index contributed by atoms with van der Waals surface area (Å²) in [5.41, 5.74) is 11.0. The van der Waals surface area contributed by atoms with Gasteiger partial charge in [-0.1, -0.05) is 17.7 Å². The van der Waals surface area contributed by atoms with E-state index in [1.165, 1.54) is 5.56 Å². The number of hydrogen-bond donors (Lipinski definition) is 1. The van der Waals surface area contributed by atoms with Crippen molar-refractivity contribution in [3.63, 3.8) is 0 Å². The summed E-state index contributed by atoms with van der Waals surface area (Å²) in [4.78, 5) is 4.71. The minimum atomic E-state index is 0.574. The highest BCUT2D eigenvalue weighted by atomic mass is 16.5. The molecule has 4 heteroatoms. The molecule has 1 aromatic carbocycles. The molecule has 0 bridgehead atoms. The van der Waals surface area contributed by atoms with E-state index in [-0.39, 0.29) is 0 Å². The molecule has 0 fully saturated rings. The van der Waals surface area contributed by atoms with Gasteiger partial charge in [-0.2, -0.15) is 0 Å². The van der Waals surface area contributed by atoms with Gasteiger partial charge in [-0.05, 0) is 37.7 Å². The highest BCUT2D eigenvalue weighted by Gasteiger charge is 2.17. The summed E-state index contributed by atoms with van der Waals surface area (Å²) < 4.78 is 7.63. The number of pyridine rings is 1. The Labute approximate surface area is 124 Å². The van der Waals surface area contributed by atoms with Crippen molar-refractivity contribution in [1.29, 1.82) is 0 Å². The van der Waals surface area contributed by atoms with E-state index in [2.05, 4.69) is 17.4 Å². The Morgan fingerprint density at radius 1 is 1.24 bits per heavy atom. The number of methoxy groups -OCH3 is 1. The van der Waals surface area contributed by atoms with Crippen molar-refractivity contribution < 1.29 is 4.74 Å². The molecule has 0 atom stereocenters. The second-order valence-corrected chi connectivity index (χ2v) is 5.08. The minimum absolute atomic E-state index is 0.574. The zero-order valence-electron chi connectivity index (χ0n) is 12.3. The molecule has 0 radical (unpaired) electrons. The smallest absolute Gasteiger partial charge is 0.137 e. The van der Waals surface area contributed by atoms with Crippen LogP contribution in [-0.4, -0.2) is 23.0 Å². The van der Waals surface area contributed by atoms with Gasteiger partial charge in [0.2, 0.25) is 0 Å². The molecule has 108 valence electrons. The normalized spacial score (nSPS) is 11.0. The highest BCUT2D eigenvalue weighted by Crippen LogP contribution is 2.34. The molecule has 0 amide bonds. The Kier molecular flexibility index (Phi) is 3.62. The van der Waals surface area contributed by atoms with Gasteiger partial charge in [0.25, 0.3) is 0 Å². The molecule has 0 saturated heterocycles. The number of aryl methyl sites for hydroxylation is 1. The van der Waals surface area contributed by atoms with E-state index >= 15 is 0 Å². The predicted octanol–water partition coefficient (Wildman–Crippen LogP) is 2.82. The summed E-state index contributed by atoms with van der Waals surface area (Å²) >= 11 is 0. The molecule has 2 N–H and O–H groups in total. The zero-order valence-corrected chi connectivity index (χ0v) is 12.3. The van der Waals surface area contributed by atoms with Crippen molar-refractivity contribution in [2.45, 2.75) is 13.3 Å². The van der Waals surface area contributed by atoms with Gasteiger partial charge in [0.05, 0.1) is 18.5 Å². The summed E-state index contributed by atoms with van der Waals surface area (Å²) in [5.74, 6) is 0.851. The standard InChI is InChI=1S/C17H19N3O/c1-12-6-7-15(21-2)13(11-12)17-14(8-9-18)19-16-5-3-4-10-20(16)17/h3-7,10-11H,8-9,18H2,1-2H3. The molecule has 0 aliphatic rings. The third-order valence-corrected chi connectivity index (χ3v) is 3.59. The molecule has 0 unspecified atom stereocenters. The van der Waals surface area contributed by atoms with E-state index < -0.39 is 0 Å². The first kappa shape index (κ1) is 13.6. The number of rotatable bonds is 4. The van der Waals surface area contributed by atoms with E-state index in [1.807, 2.05) is 36.5 Å². The SMILES string of the molecule is COc1ccc(C)cc1-c1c(CCN)nc2ccccn12. The Hall–Kier alpha value is -2.33. The first-order valence-electron chi connectivity index (χ1n) is 7.05. The van der Waals surface area contributed by atoms with E-state index in [0.29, 0.717) is 6.54 Å². The fourth-order valence-corrected chi connectivity index (χ4v) is 2.65. The summed E-state index contributed by atoms with van der Waals surface area (Å²) in [6.07, 6.45) is 2.77. The van der Waals surface area contributed by atoms with Crippen LogP contribution < -0.4 is 10.5 Å². The molecular weight excluding hydrogens is 262 g/mol. The van der Waals surface area contributed by atoms with Crippen LogP contribution >= 0.6 is 0 Å². The van der Waals surface area contributed by atoms with Crippen molar-refractivity contribution in [2.24, 2.45) is 5.73 Å². The molecule has 2 aromatic heterocycles. The Morgan fingerprint density at radius 3 is 2.86 bits per heavy atom. The largest absolute Gasteiger partial charge is 0.496 e. The van der Waals surface area contributed by atoms with Gasteiger partial charge in [-0.15, -0.1) is 0 Å². The predicted molar refractivity (Wildman–Crippen MR) is 84.7 cm³/mol. The van der Waals surface area contributed by atoms with Crippen LogP contribution in [0, 0.1) is 6.92 Å². The van der Waals surface area contributed by atoms with Crippen molar-refractivity contribution in [3.8, 4) is 17.0 Å². The second-order valence-electron chi connectivity index (χ2n) is 5.08.